The van der Waals surface area contributed by atoms with Gasteiger partial charge in [-0.1, -0.05) is 18.2 Å². The van der Waals surface area contributed by atoms with Gasteiger partial charge in [-0.25, -0.2) is 4.79 Å². The molecule has 0 saturated carbocycles. The summed E-state index contributed by atoms with van der Waals surface area (Å²) in [5.41, 5.74) is -0.107. The minimum atomic E-state index is -1.45. The van der Waals surface area contributed by atoms with Gasteiger partial charge in [0.1, 0.15) is 6.61 Å². The van der Waals surface area contributed by atoms with Gasteiger partial charge in [0, 0.05) is 22.3 Å². The summed E-state index contributed by atoms with van der Waals surface area (Å²) in [6, 6.07) is 4.10. The second-order valence-corrected chi connectivity index (χ2v) is 5.64. The van der Waals surface area contributed by atoms with E-state index in [1.54, 1.807) is 0 Å². The highest BCUT2D eigenvalue weighted by molar-refractivity contribution is 5.98. The molecule has 1 aliphatic rings. The summed E-state index contributed by atoms with van der Waals surface area (Å²) in [7, 11) is 0. The first kappa shape index (κ1) is 19.2. The third kappa shape index (κ3) is 3.59. The zero-order valence-electron chi connectivity index (χ0n) is 14.1. The molecule has 0 spiro atoms. The average Bonchev–Trinajstić information content (AvgIpc) is 2.58. The third-order valence-corrected chi connectivity index (χ3v) is 4.03. The second-order valence-electron chi connectivity index (χ2n) is 5.64. The molecule has 0 aromatic heterocycles. The lowest BCUT2D eigenvalue weighted by molar-refractivity contribution is -0.506. The zero-order chi connectivity index (χ0) is 19.4. The number of para-hydroxylation sites is 1. The molecule has 2 unspecified atom stereocenters. The van der Waals surface area contributed by atoms with Gasteiger partial charge in [-0.05, 0) is 13.8 Å². The Kier molecular flexibility index (Phi) is 5.78. The Bertz CT molecular complexity index is 816. The maximum Gasteiger partial charge on any atom is 0.336 e. The van der Waals surface area contributed by atoms with Crippen LogP contribution in [0.15, 0.2) is 40.5 Å². The van der Waals surface area contributed by atoms with E-state index in [0.717, 1.165) is 0 Å². The monoisotopic (exact) mass is 363 g/mol. The average molecular weight is 363 g/mol. The molecule has 1 N–H and O–H groups in total. The van der Waals surface area contributed by atoms with Crippen molar-refractivity contribution in [3.63, 3.8) is 0 Å². The van der Waals surface area contributed by atoms with Gasteiger partial charge in [-0.15, -0.1) is 0 Å². The summed E-state index contributed by atoms with van der Waals surface area (Å²) >= 11 is 0. The number of nitro benzene ring substituents is 1. The molecule has 138 valence electrons. The summed E-state index contributed by atoms with van der Waals surface area (Å²) in [4.78, 5) is 38.3. The zero-order valence-corrected chi connectivity index (χ0v) is 14.1. The van der Waals surface area contributed by atoms with Crippen LogP contribution in [0.5, 0.6) is 0 Å². The SMILES string of the molecule is CC1=NC(C)=C(C(=O)OCCO)C(c2ccccc2[N+](=O)[O-])C1[N+](=O)[O-]. The predicted octanol–water partition coefficient (Wildman–Crippen LogP) is 1.61. The number of aliphatic imine (C=N–C) groups is 1. The van der Waals surface area contributed by atoms with Crippen molar-refractivity contribution in [2.45, 2.75) is 25.8 Å². The van der Waals surface area contributed by atoms with Gasteiger partial charge in [-0.2, -0.15) is 0 Å². The molecule has 0 saturated heterocycles. The van der Waals surface area contributed by atoms with E-state index >= 15 is 0 Å². The maximum absolute atomic E-state index is 12.5. The first-order valence-corrected chi connectivity index (χ1v) is 7.70. The van der Waals surface area contributed by atoms with Crippen molar-refractivity contribution < 1.29 is 24.5 Å². The van der Waals surface area contributed by atoms with Crippen molar-refractivity contribution in [1.29, 1.82) is 0 Å². The Hall–Kier alpha value is -3.14. The van der Waals surface area contributed by atoms with Crippen molar-refractivity contribution in [3.05, 3.63) is 61.3 Å². The fourth-order valence-electron chi connectivity index (χ4n) is 3.02. The standard InChI is InChI=1S/C16H17N3O7/c1-9-13(16(21)26-8-7-20)14(15(19(24)25)10(2)17-9)11-5-3-4-6-12(11)18(22)23/h3-6,14-15,20H,7-8H2,1-2H3. The van der Waals surface area contributed by atoms with Crippen molar-refractivity contribution in [1.82, 2.24) is 0 Å². The predicted molar refractivity (Wildman–Crippen MR) is 90.5 cm³/mol. The number of aliphatic hydroxyl groups excluding tert-OH is 1. The Labute approximate surface area is 148 Å². The molecule has 1 heterocycles. The minimum Gasteiger partial charge on any atom is -0.460 e. The first-order chi connectivity index (χ1) is 12.3. The number of allylic oxidation sites excluding steroid dienone is 1. The van der Waals surface area contributed by atoms with Gasteiger partial charge in [0.15, 0.2) is 0 Å². The number of ether oxygens (including phenoxy) is 1. The number of benzene rings is 1. The molecule has 2 rings (SSSR count). The smallest absolute Gasteiger partial charge is 0.336 e. The van der Waals surface area contributed by atoms with Gasteiger partial charge in [-0.3, -0.25) is 25.2 Å². The largest absolute Gasteiger partial charge is 0.460 e. The van der Waals surface area contributed by atoms with Gasteiger partial charge in [0.05, 0.1) is 28.7 Å². The fraction of sp³-hybridized carbons (Fsp3) is 0.375. The van der Waals surface area contributed by atoms with E-state index in [2.05, 4.69) is 4.99 Å². The fourth-order valence-corrected chi connectivity index (χ4v) is 3.02. The number of hydrogen-bond donors (Lipinski definition) is 1. The number of carbonyl (C=O) groups excluding carboxylic acids is 1. The Morgan fingerprint density at radius 1 is 1.27 bits per heavy atom. The molecule has 10 nitrogen and oxygen atoms in total. The topological polar surface area (TPSA) is 145 Å². The van der Waals surface area contributed by atoms with Crippen LogP contribution in [0.25, 0.3) is 0 Å². The number of nitrogens with zero attached hydrogens (tertiary/aromatic N) is 3. The molecular weight excluding hydrogens is 346 g/mol. The first-order valence-electron chi connectivity index (χ1n) is 7.70. The highest BCUT2D eigenvalue weighted by Gasteiger charge is 2.47. The van der Waals surface area contributed by atoms with Crippen LogP contribution in [0, 0.1) is 20.2 Å². The van der Waals surface area contributed by atoms with E-state index in [1.165, 1.54) is 38.1 Å². The highest BCUT2D eigenvalue weighted by atomic mass is 16.6. The van der Waals surface area contributed by atoms with Crippen LogP contribution in [0.2, 0.25) is 0 Å². The molecule has 1 aliphatic heterocycles. The lowest BCUT2D eigenvalue weighted by Gasteiger charge is -2.27. The van der Waals surface area contributed by atoms with Crippen LogP contribution in [-0.4, -0.2) is 45.9 Å². The van der Waals surface area contributed by atoms with E-state index < -0.39 is 34.4 Å². The van der Waals surface area contributed by atoms with Crippen LogP contribution >= 0.6 is 0 Å². The van der Waals surface area contributed by atoms with Crippen molar-refractivity contribution in [2.24, 2.45) is 4.99 Å². The van der Waals surface area contributed by atoms with Crippen LogP contribution in [0.1, 0.15) is 25.3 Å². The summed E-state index contributed by atoms with van der Waals surface area (Å²) in [6.45, 7) is 2.20. The van der Waals surface area contributed by atoms with Crippen LogP contribution in [0.4, 0.5) is 5.69 Å². The Morgan fingerprint density at radius 2 is 1.92 bits per heavy atom. The minimum absolute atomic E-state index is 0.0312. The summed E-state index contributed by atoms with van der Waals surface area (Å²) in [5, 5.41) is 31.9. The van der Waals surface area contributed by atoms with Crippen LogP contribution in [0.3, 0.4) is 0 Å². The third-order valence-electron chi connectivity index (χ3n) is 4.03. The molecule has 1 aromatic carbocycles. The van der Waals surface area contributed by atoms with E-state index in [-0.39, 0.29) is 34.8 Å². The summed E-state index contributed by atoms with van der Waals surface area (Å²) in [5.74, 6) is -2.13. The molecule has 10 heteroatoms. The van der Waals surface area contributed by atoms with E-state index in [4.69, 9.17) is 9.84 Å². The number of rotatable bonds is 6. The lowest BCUT2D eigenvalue weighted by atomic mass is 9.79. The van der Waals surface area contributed by atoms with Gasteiger partial charge >= 0.3 is 5.97 Å². The van der Waals surface area contributed by atoms with Crippen LogP contribution in [-0.2, 0) is 9.53 Å². The lowest BCUT2D eigenvalue weighted by Crippen LogP contribution is -2.40. The second kappa shape index (κ2) is 7.83. The Balaban J connectivity index is 2.70. The molecule has 1 aromatic rings. The molecule has 26 heavy (non-hydrogen) atoms. The normalized spacial score (nSPS) is 19.7. The molecular formula is C16H17N3O7. The van der Waals surface area contributed by atoms with E-state index in [0.29, 0.717) is 0 Å². The number of esters is 1. The summed E-state index contributed by atoms with van der Waals surface area (Å²) in [6.07, 6.45) is 0. The van der Waals surface area contributed by atoms with Gasteiger partial charge < -0.3 is 9.84 Å². The molecule has 0 fully saturated rings. The quantitative estimate of drug-likeness (QED) is 0.459. The number of hydrogen-bond acceptors (Lipinski definition) is 8. The molecule has 0 radical (unpaired) electrons. The highest BCUT2D eigenvalue weighted by Crippen LogP contribution is 2.40. The van der Waals surface area contributed by atoms with Crippen LogP contribution < -0.4 is 0 Å². The van der Waals surface area contributed by atoms with Crippen molar-refractivity contribution in [2.75, 3.05) is 13.2 Å². The maximum atomic E-state index is 12.5. The van der Waals surface area contributed by atoms with E-state index in [9.17, 15) is 25.0 Å². The van der Waals surface area contributed by atoms with E-state index in [1.807, 2.05) is 0 Å². The molecule has 2 atom stereocenters. The molecule has 0 bridgehead atoms. The summed E-state index contributed by atoms with van der Waals surface area (Å²) < 4.78 is 4.91. The number of carbonyl (C=O) groups is 1. The number of nitro groups is 2. The van der Waals surface area contributed by atoms with Gasteiger partial charge in [0.25, 0.3) is 11.7 Å². The number of aliphatic hydroxyl groups is 1. The molecule has 0 amide bonds. The van der Waals surface area contributed by atoms with Crippen molar-refractivity contribution in [3.8, 4) is 0 Å². The van der Waals surface area contributed by atoms with Crippen molar-refractivity contribution >= 4 is 17.4 Å². The molecule has 0 aliphatic carbocycles. The Morgan fingerprint density at radius 3 is 2.50 bits per heavy atom. The van der Waals surface area contributed by atoms with Gasteiger partial charge in [0.2, 0.25) is 0 Å².